The van der Waals surface area contributed by atoms with Crippen molar-refractivity contribution >= 4 is 28.2 Å². The molecule has 0 bridgehead atoms. The van der Waals surface area contributed by atoms with Crippen molar-refractivity contribution < 1.29 is 0 Å². The Kier molecular flexibility index (Phi) is 3.44. The molecular weight excluding hydrogens is 326 g/mol. The molecule has 4 rings (SSSR count). The highest BCUT2D eigenvalue weighted by Crippen LogP contribution is 2.34. The average molecular weight is 338 g/mol. The highest BCUT2D eigenvalue weighted by Gasteiger charge is 2.24. The smallest absolute Gasteiger partial charge is 0.254 e. The van der Waals surface area contributed by atoms with Gasteiger partial charge in [0.05, 0.1) is 40.4 Å². The number of benzene rings is 1. The fraction of sp³-hybridized carbons (Fsp3) is 0.176. The number of fused-ring (bicyclic) bond motifs is 2. The van der Waals surface area contributed by atoms with Gasteiger partial charge in [0, 0.05) is 23.7 Å². The Bertz CT molecular complexity index is 1050. The SMILES string of the molecule is N#Cc1cnc2c(Cl)cccc2c1N1CCc2c(nc[nH]c2=O)C1. The van der Waals surface area contributed by atoms with Gasteiger partial charge < -0.3 is 9.88 Å². The second kappa shape index (κ2) is 5.62. The van der Waals surface area contributed by atoms with Crippen molar-refractivity contribution in [2.45, 2.75) is 13.0 Å². The molecule has 118 valence electrons. The van der Waals surface area contributed by atoms with Crippen molar-refractivity contribution in [3.05, 3.63) is 62.9 Å². The monoisotopic (exact) mass is 337 g/mol. The zero-order valence-corrected chi connectivity index (χ0v) is 13.3. The van der Waals surface area contributed by atoms with Crippen molar-refractivity contribution in [2.24, 2.45) is 0 Å². The first-order valence-corrected chi connectivity index (χ1v) is 7.84. The van der Waals surface area contributed by atoms with E-state index in [1.165, 1.54) is 6.33 Å². The van der Waals surface area contributed by atoms with Gasteiger partial charge in [-0.15, -0.1) is 0 Å². The number of rotatable bonds is 1. The number of anilines is 1. The molecule has 3 heterocycles. The number of nitrogens with zero attached hydrogens (tertiary/aromatic N) is 4. The van der Waals surface area contributed by atoms with Gasteiger partial charge in [-0.25, -0.2) is 4.98 Å². The summed E-state index contributed by atoms with van der Waals surface area (Å²) in [5, 5.41) is 10.9. The molecule has 0 saturated heterocycles. The molecule has 0 fully saturated rings. The predicted octanol–water partition coefficient (Wildman–Crippen LogP) is 2.41. The number of hydrogen-bond acceptors (Lipinski definition) is 5. The number of aromatic amines is 1. The number of pyridine rings is 1. The van der Waals surface area contributed by atoms with Crippen LogP contribution in [0.4, 0.5) is 5.69 Å². The summed E-state index contributed by atoms with van der Waals surface area (Å²) in [6.07, 6.45) is 3.54. The Labute approximate surface area is 142 Å². The van der Waals surface area contributed by atoms with Gasteiger partial charge in [0.1, 0.15) is 6.07 Å². The molecule has 1 aliphatic heterocycles. The second-order valence-electron chi connectivity index (χ2n) is 5.60. The lowest BCUT2D eigenvalue weighted by atomic mass is 10.0. The van der Waals surface area contributed by atoms with Crippen LogP contribution in [0.15, 0.2) is 35.5 Å². The van der Waals surface area contributed by atoms with Crippen LogP contribution >= 0.6 is 11.6 Å². The van der Waals surface area contributed by atoms with Crippen LogP contribution in [0.3, 0.4) is 0 Å². The van der Waals surface area contributed by atoms with Crippen LogP contribution in [0.25, 0.3) is 10.9 Å². The summed E-state index contributed by atoms with van der Waals surface area (Å²) in [7, 11) is 0. The molecule has 0 atom stereocenters. The van der Waals surface area contributed by atoms with Gasteiger partial charge >= 0.3 is 0 Å². The lowest BCUT2D eigenvalue weighted by molar-refractivity contribution is 0.697. The maximum atomic E-state index is 11.9. The lowest BCUT2D eigenvalue weighted by Crippen LogP contribution is -2.35. The Morgan fingerprint density at radius 1 is 1.33 bits per heavy atom. The van der Waals surface area contributed by atoms with E-state index in [1.54, 1.807) is 12.3 Å². The van der Waals surface area contributed by atoms with E-state index in [0.717, 1.165) is 16.8 Å². The molecule has 0 unspecified atom stereocenters. The molecule has 0 aliphatic carbocycles. The third-order valence-corrected chi connectivity index (χ3v) is 4.57. The third kappa shape index (κ3) is 2.22. The maximum absolute atomic E-state index is 11.9. The molecule has 7 heteroatoms. The minimum absolute atomic E-state index is 0.0946. The minimum atomic E-state index is -0.0946. The number of para-hydroxylation sites is 1. The average Bonchev–Trinajstić information content (AvgIpc) is 2.61. The van der Waals surface area contributed by atoms with Crippen molar-refractivity contribution in [2.75, 3.05) is 11.4 Å². The van der Waals surface area contributed by atoms with Crippen LogP contribution < -0.4 is 10.5 Å². The third-order valence-electron chi connectivity index (χ3n) is 4.27. The fourth-order valence-corrected chi connectivity index (χ4v) is 3.38. The summed E-state index contributed by atoms with van der Waals surface area (Å²) in [4.78, 5) is 25.2. The second-order valence-corrected chi connectivity index (χ2v) is 6.00. The molecule has 1 N–H and O–H groups in total. The molecule has 1 aliphatic rings. The van der Waals surface area contributed by atoms with E-state index in [1.807, 2.05) is 12.1 Å². The van der Waals surface area contributed by atoms with Crippen LogP contribution in [-0.4, -0.2) is 21.5 Å². The normalized spacial score (nSPS) is 13.6. The van der Waals surface area contributed by atoms with E-state index < -0.39 is 0 Å². The molecule has 6 nitrogen and oxygen atoms in total. The van der Waals surface area contributed by atoms with E-state index in [-0.39, 0.29) is 5.56 Å². The summed E-state index contributed by atoms with van der Waals surface area (Å²) in [5.74, 6) is 0. The molecule has 1 aromatic carbocycles. The van der Waals surface area contributed by atoms with Gasteiger partial charge in [-0.1, -0.05) is 23.7 Å². The van der Waals surface area contributed by atoms with Gasteiger partial charge in [-0.05, 0) is 12.5 Å². The Hall–Kier alpha value is -2.91. The summed E-state index contributed by atoms with van der Waals surface area (Å²) < 4.78 is 0. The number of nitriles is 1. The first kappa shape index (κ1) is 14.7. The number of H-pyrrole nitrogens is 1. The first-order valence-electron chi connectivity index (χ1n) is 7.46. The van der Waals surface area contributed by atoms with Gasteiger partial charge in [-0.2, -0.15) is 5.26 Å². The van der Waals surface area contributed by atoms with Gasteiger partial charge in [0.15, 0.2) is 0 Å². The molecular formula is C17H12ClN5O. The van der Waals surface area contributed by atoms with Crippen LogP contribution in [0.2, 0.25) is 5.02 Å². The van der Waals surface area contributed by atoms with Crippen molar-refractivity contribution in [3.8, 4) is 6.07 Å². The minimum Gasteiger partial charge on any atom is -0.364 e. The number of aromatic nitrogens is 3. The lowest BCUT2D eigenvalue weighted by Gasteiger charge is -2.30. The predicted molar refractivity (Wildman–Crippen MR) is 91.1 cm³/mol. The van der Waals surface area contributed by atoms with E-state index in [0.29, 0.717) is 41.2 Å². The number of nitrogens with one attached hydrogen (secondary N) is 1. The van der Waals surface area contributed by atoms with Crippen LogP contribution in [0.1, 0.15) is 16.8 Å². The first-order chi connectivity index (χ1) is 11.7. The Morgan fingerprint density at radius 3 is 3.04 bits per heavy atom. The van der Waals surface area contributed by atoms with E-state index >= 15 is 0 Å². The Balaban J connectivity index is 1.90. The standard InChI is InChI=1S/C17H12ClN5O/c18-13-3-1-2-12-15(13)20-7-10(6-19)16(12)23-5-4-11-14(8-23)21-9-22-17(11)24/h1-3,7,9H,4-5,8H2,(H,21,22,24). The summed E-state index contributed by atoms with van der Waals surface area (Å²) in [6, 6.07) is 7.73. The zero-order chi connectivity index (χ0) is 16.7. The molecule has 3 aromatic rings. The van der Waals surface area contributed by atoms with Crippen LogP contribution in [0, 0.1) is 11.3 Å². The molecule has 0 spiro atoms. The summed E-state index contributed by atoms with van der Waals surface area (Å²) in [6.45, 7) is 1.10. The summed E-state index contributed by atoms with van der Waals surface area (Å²) in [5.41, 5.74) is 3.29. The van der Waals surface area contributed by atoms with Crippen LogP contribution in [0.5, 0.6) is 0 Å². The van der Waals surface area contributed by atoms with Crippen molar-refractivity contribution in [3.63, 3.8) is 0 Å². The van der Waals surface area contributed by atoms with E-state index in [2.05, 4.69) is 25.9 Å². The molecule has 0 saturated carbocycles. The quantitative estimate of drug-likeness (QED) is 0.737. The molecule has 2 aromatic heterocycles. The highest BCUT2D eigenvalue weighted by atomic mass is 35.5. The summed E-state index contributed by atoms with van der Waals surface area (Å²) >= 11 is 6.24. The van der Waals surface area contributed by atoms with Gasteiger partial charge in [-0.3, -0.25) is 9.78 Å². The molecule has 24 heavy (non-hydrogen) atoms. The Morgan fingerprint density at radius 2 is 2.21 bits per heavy atom. The highest BCUT2D eigenvalue weighted by molar-refractivity contribution is 6.35. The van der Waals surface area contributed by atoms with Crippen molar-refractivity contribution in [1.29, 1.82) is 5.26 Å². The number of halogens is 1. The van der Waals surface area contributed by atoms with E-state index in [4.69, 9.17) is 11.6 Å². The van der Waals surface area contributed by atoms with Gasteiger partial charge in [0.2, 0.25) is 0 Å². The topological polar surface area (TPSA) is 85.7 Å². The fourth-order valence-electron chi connectivity index (χ4n) is 3.15. The zero-order valence-electron chi connectivity index (χ0n) is 12.6. The maximum Gasteiger partial charge on any atom is 0.254 e. The molecule has 0 amide bonds. The van der Waals surface area contributed by atoms with Crippen LogP contribution in [-0.2, 0) is 13.0 Å². The largest absolute Gasteiger partial charge is 0.364 e. The molecule has 0 radical (unpaired) electrons. The van der Waals surface area contributed by atoms with E-state index in [9.17, 15) is 10.1 Å². The number of hydrogen-bond donors (Lipinski definition) is 1. The van der Waals surface area contributed by atoms with Crippen molar-refractivity contribution in [1.82, 2.24) is 15.0 Å². The van der Waals surface area contributed by atoms with Gasteiger partial charge in [0.25, 0.3) is 5.56 Å².